The van der Waals surface area contributed by atoms with Gasteiger partial charge in [0.15, 0.2) is 6.19 Å². The topological polar surface area (TPSA) is 132 Å². The number of benzene rings is 1. The number of hydrogen-bond acceptors (Lipinski definition) is 7. The molecule has 1 aliphatic rings. The fourth-order valence-electron chi connectivity index (χ4n) is 2.28. The lowest BCUT2D eigenvalue weighted by Crippen LogP contribution is -2.59. The molecular weight excluding hydrogens is 304 g/mol. The average molecular weight is 322 g/mol. The van der Waals surface area contributed by atoms with Gasteiger partial charge in [0, 0.05) is 6.42 Å². The van der Waals surface area contributed by atoms with E-state index >= 15 is 0 Å². The van der Waals surface area contributed by atoms with E-state index in [0.29, 0.717) is 5.75 Å². The highest BCUT2D eigenvalue weighted by atomic mass is 16.7. The highest BCUT2D eigenvalue weighted by molar-refractivity contribution is 5.77. The lowest BCUT2D eigenvalue weighted by molar-refractivity contribution is -0.273. The third-order valence-electron chi connectivity index (χ3n) is 3.52. The number of nitrogens with one attached hydrogen (secondary N) is 1. The van der Waals surface area contributed by atoms with Crippen molar-refractivity contribution in [2.75, 3.05) is 0 Å². The standard InChI is InChI=1S/C15H18N2O6/c16-8-17-11(18)7-6-10-12(19)13(20)14(21)15(23-10)22-9-4-2-1-3-5-9/h1-5,10,12-15,19-21H,6-7H2,(H,17,18)/t10-,12-,13+,14+,15+/m1/s1. The second kappa shape index (κ2) is 7.89. The Morgan fingerprint density at radius 1 is 1.22 bits per heavy atom. The molecular formula is C15H18N2O6. The number of carbonyl (C=O) groups excluding carboxylic acids is 1. The first-order valence-corrected chi connectivity index (χ1v) is 7.12. The quantitative estimate of drug-likeness (QED) is 0.414. The summed E-state index contributed by atoms with van der Waals surface area (Å²) >= 11 is 0. The summed E-state index contributed by atoms with van der Waals surface area (Å²) in [6, 6.07) is 8.57. The average Bonchev–Trinajstić information content (AvgIpc) is 2.55. The zero-order valence-corrected chi connectivity index (χ0v) is 12.2. The maximum absolute atomic E-state index is 11.3. The van der Waals surface area contributed by atoms with E-state index < -0.39 is 36.6 Å². The van der Waals surface area contributed by atoms with Crippen LogP contribution in [0.1, 0.15) is 12.8 Å². The fraction of sp³-hybridized carbons (Fsp3) is 0.467. The summed E-state index contributed by atoms with van der Waals surface area (Å²) < 4.78 is 10.9. The van der Waals surface area contributed by atoms with Gasteiger partial charge in [0.05, 0.1) is 6.10 Å². The zero-order valence-electron chi connectivity index (χ0n) is 12.2. The molecule has 4 N–H and O–H groups in total. The summed E-state index contributed by atoms with van der Waals surface area (Å²) in [5.74, 6) is -0.0921. The van der Waals surface area contributed by atoms with E-state index in [2.05, 4.69) is 0 Å². The van der Waals surface area contributed by atoms with Gasteiger partial charge >= 0.3 is 0 Å². The van der Waals surface area contributed by atoms with Crippen molar-refractivity contribution in [3.05, 3.63) is 30.3 Å². The number of nitriles is 1. The first kappa shape index (κ1) is 17.2. The zero-order chi connectivity index (χ0) is 16.8. The molecule has 1 amide bonds. The Kier molecular flexibility index (Phi) is 5.90. The van der Waals surface area contributed by atoms with Crippen molar-refractivity contribution in [2.24, 2.45) is 0 Å². The number of nitrogens with zero attached hydrogens (tertiary/aromatic N) is 1. The Morgan fingerprint density at radius 2 is 1.91 bits per heavy atom. The van der Waals surface area contributed by atoms with Gasteiger partial charge in [-0.2, -0.15) is 5.26 Å². The molecule has 1 heterocycles. The van der Waals surface area contributed by atoms with Gasteiger partial charge in [-0.1, -0.05) is 18.2 Å². The molecule has 0 spiro atoms. The van der Waals surface area contributed by atoms with Crippen LogP contribution in [-0.2, 0) is 9.53 Å². The minimum Gasteiger partial charge on any atom is -0.462 e. The van der Waals surface area contributed by atoms with Gasteiger partial charge in [-0.15, -0.1) is 0 Å². The lowest BCUT2D eigenvalue weighted by atomic mass is 9.96. The van der Waals surface area contributed by atoms with Crippen molar-refractivity contribution in [2.45, 2.75) is 43.5 Å². The van der Waals surface area contributed by atoms with Crippen molar-refractivity contribution < 1.29 is 29.6 Å². The molecule has 0 unspecified atom stereocenters. The van der Waals surface area contributed by atoms with Crippen LogP contribution in [0.3, 0.4) is 0 Å². The van der Waals surface area contributed by atoms with Gasteiger partial charge in [-0.3, -0.25) is 10.1 Å². The van der Waals surface area contributed by atoms with Gasteiger partial charge in [0.25, 0.3) is 0 Å². The summed E-state index contributed by atoms with van der Waals surface area (Å²) in [7, 11) is 0. The largest absolute Gasteiger partial charge is 0.462 e. The second-order valence-corrected chi connectivity index (χ2v) is 5.14. The van der Waals surface area contributed by atoms with E-state index in [9.17, 15) is 20.1 Å². The van der Waals surface area contributed by atoms with Gasteiger partial charge in [0.2, 0.25) is 12.2 Å². The number of aliphatic hydroxyl groups excluding tert-OH is 3. The Hall–Kier alpha value is -2.18. The molecule has 1 aromatic carbocycles. The molecule has 5 atom stereocenters. The highest BCUT2D eigenvalue weighted by Gasteiger charge is 2.44. The number of ether oxygens (including phenoxy) is 2. The number of carbonyl (C=O) groups is 1. The van der Waals surface area contributed by atoms with E-state index in [1.165, 1.54) is 6.19 Å². The van der Waals surface area contributed by atoms with Crippen molar-refractivity contribution >= 4 is 5.91 Å². The van der Waals surface area contributed by atoms with Gasteiger partial charge in [-0.05, 0) is 18.6 Å². The maximum Gasteiger partial charge on any atom is 0.233 e. The molecule has 124 valence electrons. The lowest BCUT2D eigenvalue weighted by Gasteiger charge is -2.40. The molecule has 0 bridgehead atoms. The van der Waals surface area contributed by atoms with Crippen LogP contribution >= 0.6 is 0 Å². The fourth-order valence-corrected chi connectivity index (χ4v) is 2.28. The van der Waals surface area contributed by atoms with Gasteiger partial charge in [-0.25, -0.2) is 0 Å². The molecule has 1 aromatic rings. The van der Waals surface area contributed by atoms with E-state index in [1.807, 2.05) is 5.32 Å². The van der Waals surface area contributed by atoms with Crippen LogP contribution in [-0.4, -0.2) is 51.9 Å². The summed E-state index contributed by atoms with van der Waals surface area (Å²) in [4.78, 5) is 11.3. The third kappa shape index (κ3) is 4.40. The van der Waals surface area contributed by atoms with Crippen LogP contribution in [0.2, 0.25) is 0 Å². The minimum atomic E-state index is -1.47. The molecule has 0 aliphatic carbocycles. The second-order valence-electron chi connectivity index (χ2n) is 5.14. The molecule has 23 heavy (non-hydrogen) atoms. The number of aliphatic hydroxyl groups is 3. The smallest absolute Gasteiger partial charge is 0.233 e. The molecule has 2 rings (SSSR count). The SMILES string of the molecule is N#CNC(=O)CC[C@H]1O[C@H](Oc2ccccc2)[C@@H](O)[C@@H](O)[C@@H]1O. The normalized spacial score (nSPS) is 30.3. The molecule has 1 fully saturated rings. The van der Waals surface area contributed by atoms with Crippen molar-refractivity contribution in [3.63, 3.8) is 0 Å². The first-order valence-electron chi connectivity index (χ1n) is 7.12. The molecule has 0 radical (unpaired) electrons. The third-order valence-corrected chi connectivity index (χ3v) is 3.52. The van der Waals surface area contributed by atoms with Crippen LogP contribution < -0.4 is 10.1 Å². The number of hydrogen-bond donors (Lipinski definition) is 4. The molecule has 1 saturated heterocycles. The first-order chi connectivity index (χ1) is 11.0. The Balaban J connectivity index is 2.00. The predicted molar refractivity (Wildman–Crippen MR) is 76.7 cm³/mol. The summed E-state index contributed by atoms with van der Waals surface area (Å²) in [5, 5.41) is 40.1. The monoisotopic (exact) mass is 322 g/mol. The van der Waals surface area contributed by atoms with Crippen LogP contribution in [0.4, 0.5) is 0 Å². The number of rotatable bonds is 5. The Morgan fingerprint density at radius 3 is 2.57 bits per heavy atom. The van der Waals surface area contributed by atoms with E-state index in [4.69, 9.17) is 14.7 Å². The Bertz CT molecular complexity index is 561. The van der Waals surface area contributed by atoms with Crippen LogP contribution in [0, 0.1) is 11.5 Å². The van der Waals surface area contributed by atoms with Crippen molar-refractivity contribution in [3.8, 4) is 11.9 Å². The van der Waals surface area contributed by atoms with Gasteiger partial charge < -0.3 is 24.8 Å². The molecule has 0 saturated carbocycles. The molecule has 0 aromatic heterocycles. The van der Waals surface area contributed by atoms with E-state index in [1.54, 1.807) is 30.3 Å². The minimum absolute atomic E-state index is 0.0626. The van der Waals surface area contributed by atoms with Crippen molar-refractivity contribution in [1.29, 1.82) is 5.26 Å². The Labute approximate surface area is 132 Å². The van der Waals surface area contributed by atoms with E-state index in [0.717, 1.165) is 0 Å². The predicted octanol–water partition coefficient (Wildman–Crippen LogP) is -0.750. The van der Waals surface area contributed by atoms with Crippen LogP contribution in [0.15, 0.2) is 30.3 Å². The number of amides is 1. The maximum atomic E-state index is 11.3. The van der Waals surface area contributed by atoms with Crippen LogP contribution in [0.5, 0.6) is 5.75 Å². The number of para-hydroxylation sites is 1. The summed E-state index contributed by atoms with van der Waals surface area (Å²) in [6.45, 7) is 0. The van der Waals surface area contributed by atoms with Gasteiger partial charge in [0.1, 0.15) is 24.1 Å². The van der Waals surface area contributed by atoms with Crippen LogP contribution in [0.25, 0.3) is 0 Å². The summed E-state index contributed by atoms with van der Waals surface area (Å²) in [5.41, 5.74) is 0. The molecule has 1 aliphatic heterocycles. The highest BCUT2D eigenvalue weighted by Crippen LogP contribution is 2.26. The van der Waals surface area contributed by atoms with Crippen molar-refractivity contribution in [1.82, 2.24) is 5.32 Å². The summed E-state index contributed by atoms with van der Waals surface area (Å²) in [6.07, 6.45) is -4.87. The van der Waals surface area contributed by atoms with E-state index in [-0.39, 0.29) is 12.8 Å². The molecule has 8 nitrogen and oxygen atoms in total. The molecule has 8 heteroatoms.